The highest BCUT2D eigenvalue weighted by molar-refractivity contribution is 9.11. The van der Waals surface area contributed by atoms with E-state index in [-0.39, 0.29) is 12.0 Å². The van der Waals surface area contributed by atoms with Crippen LogP contribution in [0.25, 0.3) is 0 Å². The van der Waals surface area contributed by atoms with Crippen molar-refractivity contribution in [3.8, 4) is 0 Å². The van der Waals surface area contributed by atoms with Crippen LogP contribution in [0.4, 0.5) is 9.80 Å². The summed E-state index contributed by atoms with van der Waals surface area (Å²) in [5.41, 5.74) is 3.52. The summed E-state index contributed by atoms with van der Waals surface area (Å²) in [6.45, 7) is 8.03. The Morgan fingerprint density at radius 3 is 2.58 bits per heavy atom. The van der Waals surface area contributed by atoms with E-state index in [4.69, 9.17) is 4.74 Å². The molecule has 0 spiro atoms. The molecule has 6 nitrogen and oxygen atoms in total. The molecule has 3 heterocycles. The molecule has 0 fully saturated rings. The van der Waals surface area contributed by atoms with Crippen molar-refractivity contribution in [1.29, 1.82) is 0 Å². The summed E-state index contributed by atoms with van der Waals surface area (Å²) >= 11 is 6.96. The number of nitrogens with zero attached hydrogens (tertiary/aromatic N) is 1. The molecular weight excluding hydrogens is 522 g/mol. The average Bonchev–Trinajstić information content (AvgIpc) is 3.10. The zero-order valence-electron chi connectivity index (χ0n) is 19.7. The second-order valence-electron chi connectivity index (χ2n) is 9.82. The summed E-state index contributed by atoms with van der Waals surface area (Å²) in [7, 11) is 2.13. The first-order chi connectivity index (χ1) is 15.6. The van der Waals surface area contributed by atoms with Gasteiger partial charge in [-0.25, -0.2) is 9.59 Å². The Kier molecular flexibility index (Phi) is 7.53. The van der Waals surface area contributed by atoms with Crippen LogP contribution in [0.5, 0.6) is 0 Å². The molecule has 0 atom stereocenters. The van der Waals surface area contributed by atoms with Crippen LogP contribution in [0.3, 0.4) is 0 Å². The van der Waals surface area contributed by atoms with E-state index in [2.05, 4.69) is 38.5 Å². The third kappa shape index (κ3) is 5.81. The van der Waals surface area contributed by atoms with E-state index in [0.717, 1.165) is 66.5 Å². The zero-order valence-corrected chi connectivity index (χ0v) is 22.9. The van der Waals surface area contributed by atoms with E-state index in [1.165, 1.54) is 26.7 Å². The second kappa shape index (κ2) is 10.1. The fourth-order valence-corrected chi connectivity index (χ4v) is 7.84. The molecule has 9 heteroatoms. The summed E-state index contributed by atoms with van der Waals surface area (Å²) in [5, 5.41) is 6.58. The lowest BCUT2D eigenvalue weighted by Crippen LogP contribution is -2.30. The van der Waals surface area contributed by atoms with Gasteiger partial charge in [0.2, 0.25) is 0 Å². The van der Waals surface area contributed by atoms with Crippen molar-refractivity contribution in [1.82, 2.24) is 10.2 Å². The van der Waals surface area contributed by atoms with Gasteiger partial charge in [-0.3, -0.25) is 5.32 Å². The molecule has 0 bridgehead atoms. The van der Waals surface area contributed by atoms with Crippen LogP contribution in [-0.2, 0) is 37.1 Å². The number of amides is 2. The summed E-state index contributed by atoms with van der Waals surface area (Å²) < 4.78 is 6.79. The quantitative estimate of drug-likeness (QED) is 0.354. The fraction of sp³-hybridized carbons (Fsp3) is 0.583. The Bertz CT molecular complexity index is 1050. The monoisotopic (exact) mass is 553 g/mol. The zero-order chi connectivity index (χ0) is 23.8. The van der Waals surface area contributed by atoms with Gasteiger partial charge in [-0.2, -0.15) is 0 Å². The number of ether oxygens (including phenoxy) is 1. The molecule has 0 unspecified atom stereocenters. The van der Waals surface area contributed by atoms with Gasteiger partial charge in [-0.05, 0) is 92.5 Å². The van der Waals surface area contributed by atoms with Gasteiger partial charge in [-0.15, -0.1) is 22.7 Å². The number of hydrogen-bond acceptors (Lipinski definition) is 6. The number of rotatable bonds is 4. The highest BCUT2D eigenvalue weighted by Gasteiger charge is 2.29. The highest BCUT2D eigenvalue weighted by Crippen LogP contribution is 2.39. The molecule has 2 N–H and O–H groups in total. The third-order valence-corrected chi connectivity index (χ3v) is 9.20. The van der Waals surface area contributed by atoms with Crippen LogP contribution in [-0.4, -0.2) is 36.1 Å². The van der Waals surface area contributed by atoms with Gasteiger partial charge >= 0.3 is 12.0 Å². The number of carbonyl (C=O) groups is 2. The summed E-state index contributed by atoms with van der Waals surface area (Å²) in [6, 6.07) is -0.295. The van der Waals surface area contributed by atoms with E-state index in [1.54, 1.807) is 11.3 Å². The van der Waals surface area contributed by atoms with Gasteiger partial charge in [0.1, 0.15) is 10.6 Å². The first-order valence-corrected chi connectivity index (χ1v) is 13.9. The van der Waals surface area contributed by atoms with Gasteiger partial charge in [0, 0.05) is 29.4 Å². The van der Waals surface area contributed by atoms with Crippen molar-refractivity contribution < 1.29 is 14.3 Å². The number of fused-ring (bicyclic) bond motifs is 2. The van der Waals surface area contributed by atoms with Crippen LogP contribution in [0.15, 0.2) is 3.79 Å². The number of halogens is 1. The van der Waals surface area contributed by atoms with Crippen molar-refractivity contribution in [3.05, 3.63) is 35.8 Å². The molecule has 0 radical (unpaired) electrons. The first kappa shape index (κ1) is 24.7. The maximum Gasteiger partial charge on any atom is 0.341 e. The maximum absolute atomic E-state index is 13.1. The summed E-state index contributed by atoms with van der Waals surface area (Å²) in [5.74, 6) is -0.351. The lowest BCUT2D eigenvalue weighted by Gasteiger charge is -2.23. The van der Waals surface area contributed by atoms with Crippen molar-refractivity contribution >= 4 is 55.6 Å². The number of aryl methyl sites for hydroxylation is 1. The second-order valence-corrected chi connectivity index (χ2v) is 13.4. The average molecular weight is 555 g/mol. The van der Waals surface area contributed by atoms with E-state index in [1.807, 2.05) is 20.8 Å². The topological polar surface area (TPSA) is 70.7 Å². The highest BCUT2D eigenvalue weighted by atomic mass is 79.9. The number of nitrogens with one attached hydrogen (secondary N) is 2. The van der Waals surface area contributed by atoms with Crippen molar-refractivity contribution in [2.75, 3.05) is 18.9 Å². The van der Waals surface area contributed by atoms with E-state index >= 15 is 0 Å². The molecule has 0 saturated carbocycles. The maximum atomic E-state index is 13.1. The minimum Gasteiger partial charge on any atom is -0.456 e. The molecule has 2 aromatic heterocycles. The number of hydrogen-bond donors (Lipinski definition) is 2. The van der Waals surface area contributed by atoms with E-state index < -0.39 is 5.60 Å². The number of thiophene rings is 2. The van der Waals surface area contributed by atoms with Gasteiger partial charge in [0.25, 0.3) is 0 Å². The molecule has 33 heavy (non-hydrogen) atoms. The van der Waals surface area contributed by atoms with Crippen LogP contribution >= 0.6 is 38.6 Å². The van der Waals surface area contributed by atoms with Gasteiger partial charge < -0.3 is 15.0 Å². The lowest BCUT2D eigenvalue weighted by atomic mass is 10.0. The number of esters is 1. The Labute approximate surface area is 212 Å². The predicted octanol–water partition coefficient (Wildman–Crippen LogP) is 6.11. The minimum absolute atomic E-state index is 0.295. The predicted molar refractivity (Wildman–Crippen MR) is 139 cm³/mol. The molecule has 0 aromatic carbocycles. The molecule has 4 rings (SSSR count). The molecule has 1 aliphatic carbocycles. The van der Waals surface area contributed by atoms with Crippen molar-refractivity contribution in [3.63, 3.8) is 0 Å². The van der Waals surface area contributed by atoms with Crippen LogP contribution in [0, 0.1) is 0 Å². The largest absolute Gasteiger partial charge is 0.456 e. The fourth-order valence-electron chi connectivity index (χ4n) is 4.43. The minimum atomic E-state index is -0.589. The lowest BCUT2D eigenvalue weighted by molar-refractivity contribution is 0.00700. The van der Waals surface area contributed by atoms with Crippen molar-refractivity contribution in [2.45, 2.75) is 78.0 Å². The van der Waals surface area contributed by atoms with Crippen LogP contribution in [0.1, 0.15) is 76.8 Å². The smallest absolute Gasteiger partial charge is 0.341 e. The van der Waals surface area contributed by atoms with Crippen LogP contribution in [0.2, 0.25) is 0 Å². The van der Waals surface area contributed by atoms with Gasteiger partial charge in [0.15, 0.2) is 0 Å². The molecular formula is C24H32BrN3O3S2. The molecule has 180 valence electrons. The third-order valence-electron chi connectivity index (χ3n) is 5.99. The van der Waals surface area contributed by atoms with E-state index in [9.17, 15) is 9.59 Å². The Balaban J connectivity index is 1.51. The number of anilines is 1. The Morgan fingerprint density at radius 1 is 1.06 bits per heavy atom. The normalized spacial score (nSPS) is 16.5. The van der Waals surface area contributed by atoms with Crippen LogP contribution < -0.4 is 10.6 Å². The number of urea groups is 1. The SMILES string of the molecule is CN1CCc2c(sc(Br)c2CNC(=O)Nc2sc3c(c2C(=O)OC(C)(C)C)CCCCC3)C1. The Hall–Kier alpha value is -1.42. The van der Waals surface area contributed by atoms with Gasteiger partial charge in [0.05, 0.1) is 9.35 Å². The summed E-state index contributed by atoms with van der Waals surface area (Å²) in [4.78, 5) is 30.9. The Morgan fingerprint density at radius 2 is 1.82 bits per heavy atom. The van der Waals surface area contributed by atoms with Crippen molar-refractivity contribution in [2.24, 2.45) is 0 Å². The standard InChI is InChI=1S/C24H32BrN3O3S2/c1-24(2,3)31-22(29)19-15-8-6-5-7-9-17(15)33-21(19)27-23(30)26-12-16-14-10-11-28(4)13-18(14)32-20(16)25/h5-13H2,1-4H3,(H2,26,27,30). The molecule has 2 aromatic rings. The molecule has 0 saturated heterocycles. The first-order valence-electron chi connectivity index (χ1n) is 11.5. The van der Waals surface area contributed by atoms with E-state index in [0.29, 0.717) is 17.1 Å². The molecule has 1 aliphatic heterocycles. The number of carbonyl (C=O) groups excluding carboxylic acids is 2. The molecule has 2 amide bonds. The van der Waals surface area contributed by atoms with Gasteiger partial charge in [-0.1, -0.05) is 6.42 Å². The molecule has 2 aliphatic rings. The summed E-state index contributed by atoms with van der Waals surface area (Å²) in [6.07, 6.45) is 6.12. The number of likely N-dealkylation sites (N-methyl/N-ethyl adjacent to an activating group) is 1.